The Hall–Kier alpha value is -1.03. The minimum atomic E-state index is -1.71. The molecule has 0 amide bonds. The lowest BCUT2D eigenvalue weighted by Crippen LogP contribution is -2.38. The van der Waals surface area contributed by atoms with E-state index >= 15 is 0 Å². The Bertz CT molecular complexity index is 391. The van der Waals surface area contributed by atoms with Crippen LogP contribution in [-0.2, 0) is 5.67 Å². The fourth-order valence-electron chi connectivity index (χ4n) is 2.53. The van der Waals surface area contributed by atoms with Crippen molar-refractivity contribution in [3.8, 4) is 0 Å². The fraction of sp³-hybridized carbons (Fsp3) is 0.571. The summed E-state index contributed by atoms with van der Waals surface area (Å²) in [7, 11) is 0. The molecule has 2 rings (SSSR count). The zero-order valence-corrected chi connectivity index (χ0v) is 10.5. The topological polar surface area (TPSA) is 12.0 Å². The molecule has 0 saturated carbocycles. The van der Waals surface area contributed by atoms with E-state index in [1.165, 1.54) is 6.92 Å². The van der Waals surface area contributed by atoms with E-state index in [0.29, 0.717) is 0 Å². The molecule has 0 radical (unpaired) electrons. The van der Waals surface area contributed by atoms with Gasteiger partial charge in [-0.25, -0.2) is 13.2 Å². The van der Waals surface area contributed by atoms with Crippen molar-refractivity contribution in [3.63, 3.8) is 0 Å². The molecule has 2 atom stereocenters. The van der Waals surface area contributed by atoms with E-state index < -0.39 is 17.3 Å². The second-order valence-corrected chi connectivity index (χ2v) is 5.21. The van der Waals surface area contributed by atoms with Crippen LogP contribution < -0.4 is 5.32 Å². The van der Waals surface area contributed by atoms with Gasteiger partial charge in [-0.15, -0.1) is 0 Å². The first kappa shape index (κ1) is 13.4. The number of halogens is 3. The lowest BCUT2D eigenvalue weighted by Gasteiger charge is -2.30. The van der Waals surface area contributed by atoms with Crippen LogP contribution in [-0.4, -0.2) is 12.6 Å². The maximum absolute atomic E-state index is 14.6. The molecule has 1 N–H and O–H groups in total. The lowest BCUT2D eigenvalue weighted by atomic mass is 9.87. The summed E-state index contributed by atoms with van der Waals surface area (Å²) in [5.74, 6) is -1.46. The largest absolute Gasteiger partial charge is 0.314 e. The van der Waals surface area contributed by atoms with Gasteiger partial charge in [0.2, 0.25) is 0 Å². The van der Waals surface area contributed by atoms with Crippen molar-refractivity contribution in [2.45, 2.75) is 44.3 Å². The van der Waals surface area contributed by atoms with Crippen LogP contribution in [0.25, 0.3) is 0 Å². The monoisotopic (exact) mass is 257 g/mol. The summed E-state index contributed by atoms with van der Waals surface area (Å²) in [6.07, 6.45) is 3.34. The smallest absolute Gasteiger partial charge is 0.134 e. The molecule has 2 unspecified atom stereocenters. The number of rotatable bonds is 3. The molecule has 1 aliphatic rings. The van der Waals surface area contributed by atoms with Gasteiger partial charge in [0.05, 0.1) is 0 Å². The summed E-state index contributed by atoms with van der Waals surface area (Å²) in [4.78, 5) is 0. The SMILES string of the molecule is CC(F)(CC1CCCCN1)c1cc(F)cc(F)c1. The minimum Gasteiger partial charge on any atom is -0.314 e. The van der Waals surface area contributed by atoms with Crippen LogP contribution in [0.1, 0.15) is 38.2 Å². The second kappa shape index (κ2) is 5.31. The maximum Gasteiger partial charge on any atom is 0.134 e. The summed E-state index contributed by atoms with van der Waals surface area (Å²) in [6, 6.07) is 3.00. The van der Waals surface area contributed by atoms with Crippen molar-refractivity contribution in [1.29, 1.82) is 0 Å². The molecule has 1 nitrogen and oxygen atoms in total. The predicted octanol–water partition coefficient (Wildman–Crippen LogP) is 3.68. The van der Waals surface area contributed by atoms with Gasteiger partial charge in [-0.2, -0.15) is 0 Å². The van der Waals surface area contributed by atoms with Crippen molar-refractivity contribution >= 4 is 0 Å². The Morgan fingerprint density at radius 1 is 1.22 bits per heavy atom. The molecular weight excluding hydrogens is 239 g/mol. The molecule has 1 saturated heterocycles. The van der Waals surface area contributed by atoms with Crippen LogP contribution in [0.2, 0.25) is 0 Å². The highest BCUT2D eigenvalue weighted by molar-refractivity contribution is 5.24. The van der Waals surface area contributed by atoms with Gasteiger partial charge in [0.15, 0.2) is 0 Å². The quantitative estimate of drug-likeness (QED) is 0.871. The summed E-state index contributed by atoms with van der Waals surface area (Å²) in [5.41, 5.74) is -1.63. The van der Waals surface area contributed by atoms with Crippen LogP contribution >= 0.6 is 0 Å². The summed E-state index contributed by atoms with van der Waals surface area (Å²) >= 11 is 0. The highest BCUT2D eigenvalue weighted by atomic mass is 19.1. The first-order valence-corrected chi connectivity index (χ1v) is 6.36. The van der Waals surface area contributed by atoms with Gasteiger partial charge in [-0.1, -0.05) is 6.42 Å². The standard InChI is InChI=1S/C14H18F3N/c1-14(17,9-13-4-2-3-5-18-13)10-6-11(15)8-12(16)7-10/h6-8,13,18H,2-5,9H2,1H3. The minimum absolute atomic E-state index is 0.0763. The molecule has 18 heavy (non-hydrogen) atoms. The third kappa shape index (κ3) is 3.25. The number of hydrogen-bond donors (Lipinski definition) is 1. The Morgan fingerprint density at radius 2 is 1.89 bits per heavy atom. The number of alkyl halides is 1. The molecule has 1 fully saturated rings. The Balaban J connectivity index is 2.13. The van der Waals surface area contributed by atoms with Gasteiger partial charge in [-0.05, 0) is 44.0 Å². The number of hydrogen-bond acceptors (Lipinski definition) is 1. The highest BCUT2D eigenvalue weighted by Gasteiger charge is 2.31. The fourth-order valence-corrected chi connectivity index (χ4v) is 2.53. The van der Waals surface area contributed by atoms with Crippen molar-refractivity contribution in [2.24, 2.45) is 0 Å². The first-order chi connectivity index (χ1) is 8.47. The van der Waals surface area contributed by atoms with E-state index in [4.69, 9.17) is 0 Å². The molecule has 0 aliphatic carbocycles. The number of benzene rings is 1. The average Bonchev–Trinajstić information content (AvgIpc) is 2.28. The van der Waals surface area contributed by atoms with Gasteiger partial charge < -0.3 is 5.32 Å². The van der Waals surface area contributed by atoms with E-state index in [1.54, 1.807) is 0 Å². The Labute approximate surface area is 105 Å². The predicted molar refractivity (Wildman–Crippen MR) is 65.1 cm³/mol. The first-order valence-electron chi connectivity index (χ1n) is 6.36. The third-order valence-electron chi connectivity index (χ3n) is 3.51. The normalized spacial score (nSPS) is 23.7. The Morgan fingerprint density at radius 3 is 2.44 bits per heavy atom. The van der Waals surface area contributed by atoms with Crippen molar-refractivity contribution in [1.82, 2.24) is 5.32 Å². The zero-order chi connectivity index (χ0) is 13.2. The molecule has 1 aromatic rings. The zero-order valence-electron chi connectivity index (χ0n) is 10.5. The summed E-state index contributed by atoms with van der Waals surface area (Å²) in [6.45, 7) is 2.27. The second-order valence-electron chi connectivity index (χ2n) is 5.21. The maximum atomic E-state index is 14.6. The molecule has 4 heteroatoms. The molecule has 100 valence electrons. The molecular formula is C14H18F3N. The molecule has 0 spiro atoms. The van der Waals surface area contributed by atoms with Crippen LogP contribution in [0, 0.1) is 11.6 Å². The van der Waals surface area contributed by atoms with E-state index in [9.17, 15) is 13.2 Å². The molecule has 1 aliphatic heterocycles. The van der Waals surface area contributed by atoms with Crippen LogP contribution in [0.15, 0.2) is 18.2 Å². The van der Waals surface area contributed by atoms with E-state index in [2.05, 4.69) is 5.32 Å². The van der Waals surface area contributed by atoms with Crippen LogP contribution in [0.3, 0.4) is 0 Å². The summed E-state index contributed by atoms with van der Waals surface area (Å²) in [5, 5.41) is 3.25. The van der Waals surface area contributed by atoms with Crippen molar-refractivity contribution in [2.75, 3.05) is 6.54 Å². The van der Waals surface area contributed by atoms with E-state index in [0.717, 1.165) is 44.0 Å². The van der Waals surface area contributed by atoms with E-state index in [1.807, 2.05) is 0 Å². The number of nitrogens with one attached hydrogen (secondary N) is 1. The van der Waals surface area contributed by atoms with E-state index in [-0.39, 0.29) is 18.0 Å². The summed E-state index contributed by atoms with van der Waals surface area (Å²) < 4.78 is 40.8. The third-order valence-corrected chi connectivity index (χ3v) is 3.51. The van der Waals surface area contributed by atoms with Gasteiger partial charge in [0.25, 0.3) is 0 Å². The van der Waals surface area contributed by atoms with Gasteiger partial charge >= 0.3 is 0 Å². The van der Waals surface area contributed by atoms with Crippen molar-refractivity contribution < 1.29 is 13.2 Å². The molecule has 1 heterocycles. The van der Waals surface area contributed by atoms with Crippen LogP contribution in [0.4, 0.5) is 13.2 Å². The van der Waals surface area contributed by atoms with Crippen LogP contribution in [0.5, 0.6) is 0 Å². The van der Waals surface area contributed by atoms with Gasteiger partial charge in [0, 0.05) is 18.5 Å². The molecule has 0 bridgehead atoms. The highest BCUT2D eigenvalue weighted by Crippen LogP contribution is 2.33. The lowest BCUT2D eigenvalue weighted by molar-refractivity contribution is 0.145. The van der Waals surface area contributed by atoms with Crippen molar-refractivity contribution in [3.05, 3.63) is 35.4 Å². The molecule has 1 aromatic carbocycles. The van der Waals surface area contributed by atoms with Gasteiger partial charge in [0.1, 0.15) is 17.3 Å². The Kier molecular flexibility index (Phi) is 3.95. The average molecular weight is 257 g/mol. The van der Waals surface area contributed by atoms with Gasteiger partial charge in [-0.3, -0.25) is 0 Å². The molecule has 0 aromatic heterocycles. The number of piperidine rings is 1.